The first-order valence-electron chi connectivity index (χ1n) is 6.32. The molecule has 2 rings (SSSR count). The van der Waals surface area contributed by atoms with Crippen LogP contribution in [0.5, 0.6) is 0 Å². The molecule has 2 aromatic rings. The number of carbonyl (C=O) groups is 1. The summed E-state index contributed by atoms with van der Waals surface area (Å²) in [5, 5.41) is 11.6. The van der Waals surface area contributed by atoms with Crippen molar-refractivity contribution in [3.05, 3.63) is 53.6 Å². The van der Waals surface area contributed by atoms with Crippen LogP contribution in [0.3, 0.4) is 0 Å². The quantitative estimate of drug-likeness (QED) is 0.376. The third-order valence-electron chi connectivity index (χ3n) is 3.16. The zero-order valence-electron chi connectivity index (χ0n) is 11.9. The Morgan fingerprint density at radius 3 is 2.81 bits per heavy atom. The van der Waals surface area contributed by atoms with Gasteiger partial charge in [-0.15, -0.1) is 0 Å². The van der Waals surface area contributed by atoms with Crippen molar-refractivity contribution in [2.75, 3.05) is 7.05 Å². The average Bonchev–Trinajstić information content (AvgIpc) is 2.90. The Kier molecular flexibility index (Phi) is 4.22. The van der Waals surface area contributed by atoms with Crippen LogP contribution >= 0.6 is 0 Å². The standard InChI is InChI=1S/C14H17N5O2/c1-18-7-6-16-12(18)9-19(2)14(20)11-5-3-4-10(8-11)13(15)17-21/h3-8,21H,9H2,1-2H3,(H2,15,17). The number of nitrogens with zero attached hydrogens (tertiary/aromatic N) is 4. The van der Waals surface area contributed by atoms with Gasteiger partial charge in [-0.2, -0.15) is 0 Å². The van der Waals surface area contributed by atoms with Gasteiger partial charge in [-0.05, 0) is 12.1 Å². The minimum atomic E-state index is -0.161. The summed E-state index contributed by atoms with van der Waals surface area (Å²) in [6.07, 6.45) is 3.51. The Morgan fingerprint density at radius 1 is 1.48 bits per heavy atom. The molecule has 3 N–H and O–H groups in total. The Labute approximate surface area is 122 Å². The fourth-order valence-electron chi connectivity index (χ4n) is 1.92. The van der Waals surface area contributed by atoms with E-state index in [0.717, 1.165) is 5.82 Å². The molecule has 0 saturated heterocycles. The minimum Gasteiger partial charge on any atom is -0.409 e. The van der Waals surface area contributed by atoms with Gasteiger partial charge in [0.15, 0.2) is 5.84 Å². The van der Waals surface area contributed by atoms with Crippen molar-refractivity contribution in [1.29, 1.82) is 0 Å². The van der Waals surface area contributed by atoms with Gasteiger partial charge in [-0.3, -0.25) is 4.79 Å². The molecule has 21 heavy (non-hydrogen) atoms. The van der Waals surface area contributed by atoms with Gasteiger partial charge in [0, 0.05) is 37.6 Å². The number of oxime groups is 1. The van der Waals surface area contributed by atoms with E-state index in [1.165, 1.54) is 0 Å². The fraction of sp³-hybridized carbons (Fsp3) is 0.214. The summed E-state index contributed by atoms with van der Waals surface area (Å²) in [4.78, 5) is 18.1. The zero-order valence-corrected chi connectivity index (χ0v) is 11.9. The van der Waals surface area contributed by atoms with Crippen LogP contribution in [0, 0.1) is 0 Å². The monoisotopic (exact) mass is 287 g/mol. The Balaban J connectivity index is 2.18. The van der Waals surface area contributed by atoms with Crippen LogP contribution in [-0.4, -0.2) is 38.4 Å². The van der Waals surface area contributed by atoms with E-state index in [1.807, 2.05) is 17.8 Å². The molecule has 1 aromatic carbocycles. The number of aromatic nitrogens is 2. The van der Waals surface area contributed by atoms with Crippen molar-refractivity contribution >= 4 is 11.7 Å². The zero-order chi connectivity index (χ0) is 15.4. The maximum atomic E-state index is 12.4. The van der Waals surface area contributed by atoms with Gasteiger partial charge in [0.1, 0.15) is 5.82 Å². The number of hydrogen-bond donors (Lipinski definition) is 2. The SMILES string of the molecule is CN(Cc1nccn1C)C(=O)c1cccc(C(N)=NO)c1. The molecule has 0 radical (unpaired) electrons. The molecule has 1 amide bonds. The van der Waals surface area contributed by atoms with Crippen molar-refractivity contribution in [1.82, 2.24) is 14.5 Å². The maximum absolute atomic E-state index is 12.4. The van der Waals surface area contributed by atoms with Crippen molar-refractivity contribution in [2.24, 2.45) is 17.9 Å². The molecule has 110 valence electrons. The molecule has 1 heterocycles. The van der Waals surface area contributed by atoms with E-state index in [9.17, 15) is 4.79 Å². The lowest BCUT2D eigenvalue weighted by molar-refractivity contribution is 0.0780. The first-order valence-corrected chi connectivity index (χ1v) is 6.32. The number of amides is 1. The summed E-state index contributed by atoms with van der Waals surface area (Å²) in [5.41, 5.74) is 6.49. The number of amidine groups is 1. The van der Waals surface area contributed by atoms with Crippen molar-refractivity contribution in [2.45, 2.75) is 6.54 Å². The van der Waals surface area contributed by atoms with Gasteiger partial charge >= 0.3 is 0 Å². The fourth-order valence-corrected chi connectivity index (χ4v) is 1.92. The van der Waals surface area contributed by atoms with Crippen molar-refractivity contribution < 1.29 is 10.0 Å². The Morgan fingerprint density at radius 2 is 2.19 bits per heavy atom. The van der Waals surface area contributed by atoms with Gasteiger partial charge < -0.3 is 20.4 Å². The largest absolute Gasteiger partial charge is 0.409 e. The van der Waals surface area contributed by atoms with Crippen LogP contribution in [0.4, 0.5) is 0 Å². The summed E-state index contributed by atoms with van der Waals surface area (Å²) in [6, 6.07) is 6.64. The smallest absolute Gasteiger partial charge is 0.254 e. The van der Waals surface area contributed by atoms with Gasteiger partial charge in [-0.1, -0.05) is 17.3 Å². The number of rotatable bonds is 4. The molecular formula is C14H17N5O2. The minimum absolute atomic E-state index is 0.0311. The van der Waals surface area contributed by atoms with E-state index in [4.69, 9.17) is 10.9 Å². The predicted molar refractivity (Wildman–Crippen MR) is 78.0 cm³/mol. The van der Waals surface area contributed by atoms with Gasteiger partial charge in [0.2, 0.25) is 0 Å². The number of hydrogen-bond acceptors (Lipinski definition) is 4. The highest BCUT2D eigenvalue weighted by molar-refractivity contribution is 6.01. The van der Waals surface area contributed by atoms with Crippen LogP contribution in [0.2, 0.25) is 0 Å². The summed E-state index contributed by atoms with van der Waals surface area (Å²) < 4.78 is 1.86. The van der Waals surface area contributed by atoms with Gasteiger partial charge in [0.25, 0.3) is 5.91 Å². The first-order chi connectivity index (χ1) is 10.0. The van der Waals surface area contributed by atoms with Crippen molar-refractivity contribution in [3.8, 4) is 0 Å². The molecule has 0 aliphatic carbocycles. The normalized spacial score (nSPS) is 11.4. The highest BCUT2D eigenvalue weighted by atomic mass is 16.4. The predicted octanol–water partition coefficient (Wildman–Crippen LogP) is 0.787. The van der Waals surface area contributed by atoms with Crippen LogP contribution in [0.15, 0.2) is 41.8 Å². The van der Waals surface area contributed by atoms with Crippen LogP contribution < -0.4 is 5.73 Å². The van der Waals surface area contributed by atoms with Gasteiger partial charge in [0.05, 0.1) is 6.54 Å². The van der Waals surface area contributed by atoms with Crippen molar-refractivity contribution in [3.63, 3.8) is 0 Å². The molecule has 0 saturated carbocycles. The lowest BCUT2D eigenvalue weighted by atomic mass is 10.1. The highest BCUT2D eigenvalue weighted by Gasteiger charge is 2.14. The van der Waals surface area contributed by atoms with E-state index in [1.54, 1.807) is 42.4 Å². The molecule has 0 fully saturated rings. The second kappa shape index (κ2) is 6.08. The summed E-state index contributed by atoms with van der Waals surface area (Å²) in [7, 11) is 3.58. The number of benzene rings is 1. The maximum Gasteiger partial charge on any atom is 0.254 e. The number of aryl methyl sites for hydroxylation is 1. The summed E-state index contributed by atoms with van der Waals surface area (Å²) in [5.74, 6) is 0.598. The third-order valence-corrected chi connectivity index (χ3v) is 3.16. The molecule has 7 nitrogen and oxygen atoms in total. The molecule has 0 aliphatic heterocycles. The molecule has 0 bridgehead atoms. The topological polar surface area (TPSA) is 96.7 Å². The second-order valence-electron chi connectivity index (χ2n) is 4.68. The summed E-state index contributed by atoms with van der Waals surface area (Å²) in [6.45, 7) is 0.399. The lowest BCUT2D eigenvalue weighted by Gasteiger charge is -2.17. The lowest BCUT2D eigenvalue weighted by Crippen LogP contribution is -2.27. The summed E-state index contributed by atoms with van der Waals surface area (Å²) >= 11 is 0. The average molecular weight is 287 g/mol. The van der Waals surface area contributed by atoms with Crippen LogP contribution in [-0.2, 0) is 13.6 Å². The van der Waals surface area contributed by atoms with Crippen LogP contribution in [0.25, 0.3) is 0 Å². The van der Waals surface area contributed by atoms with Crippen LogP contribution in [0.1, 0.15) is 21.7 Å². The van der Waals surface area contributed by atoms with E-state index in [0.29, 0.717) is 17.7 Å². The molecular weight excluding hydrogens is 270 g/mol. The molecule has 0 aliphatic rings. The Hall–Kier alpha value is -2.83. The van der Waals surface area contributed by atoms with Gasteiger partial charge in [-0.25, -0.2) is 4.98 Å². The second-order valence-corrected chi connectivity index (χ2v) is 4.68. The molecule has 7 heteroatoms. The highest BCUT2D eigenvalue weighted by Crippen LogP contribution is 2.10. The van der Waals surface area contributed by atoms with E-state index in [2.05, 4.69) is 10.1 Å². The number of nitrogens with two attached hydrogens (primary N) is 1. The van der Waals surface area contributed by atoms with E-state index < -0.39 is 0 Å². The molecule has 0 spiro atoms. The van der Waals surface area contributed by atoms with E-state index in [-0.39, 0.29) is 11.7 Å². The Bertz CT molecular complexity index is 678. The third kappa shape index (κ3) is 3.19. The number of imidazole rings is 1. The molecule has 0 atom stereocenters. The first kappa shape index (κ1) is 14.6. The van der Waals surface area contributed by atoms with E-state index >= 15 is 0 Å². The number of carbonyl (C=O) groups excluding carboxylic acids is 1. The molecule has 1 aromatic heterocycles. The molecule has 0 unspecified atom stereocenters.